The molecule has 18 heavy (non-hydrogen) atoms. The summed E-state index contributed by atoms with van der Waals surface area (Å²) in [6.45, 7) is 7.87. The molecule has 0 saturated carbocycles. The SMILES string of the molecule is CC1CC(C)C(C)N(c2ncc(CCl)cc2Cl)C1. The van der Waals surface area contributed by atoms with Gasteiger partial charge in [-0.15, -0.1) is 11.6 Å². The number of hydrogen-bond acceptors (Lipinski definition) is 2. The molecule has 1 fully saturated rings. The number of pyridine rings is 1. The van der Waals surface area contributed by atoms with Gasteiger partial charge in [-0.05, 0) is 36.8 Å². The summed E-state index contributed by atoms with van der Waals surface area (Å²) in [5, 5.41) is 0.710. The Bertz CT molecular complexity index is 422. The van der Waals surface area contributed by atoms with Crippen molar-refractivity contribution in [3.63, 3.8) is 0 Å². The predicted octanol–water partition coefficient (Wildman–Crippen LogP) is 4.34. The zero-order valence-corrected chi connectivity index (χ0v) is 12.7. The van der Waals surface area contributed by atoms with Gasteiger partial charge in [-0.1, -0.05) is 25.4 Å². The summed E-state index contributed by atoms with van der Waals surface area (Å²) in [4.78, 5) is 6.83. The summed E-state index contributed by atoms with van der Waals surface area (Å²) in [5.74, 6) is 2.70. The van der Waals surface area contributed by atoms with Crippen LogP contribution in [0.5, 0.6) is 0 Å². The number of anilines is 1. The molecule has 3 atom stereocenters. The monoisotopic (exact) mass is 286 g/mol. The first-order valence-electron chi connectivity index (χ1n) is 6.50. The van der Waals surface area contributed by atoms with Gasteiger partial charge in [-0.3, -0.25) is 0 Å². The largest absolute Gasteiger partial charge is 0.352 e. The quantitative estimate of drug-likeness (QED) is 0.752. The van der Waals surface area contributed by atoms with Crippen molar-refractivity contribution in [3.05, 3.63) is 22.8 Å². The minimum atomic E-state index is 0.454. The first-order chi connectivity index (χ1) is 8.52. The lowest BCUT2D eigenvalue weighted by Gasteiger charge is -2.42. The topological polar surface area (TPSA) is 16.1 Å². The molecule has 1 aliphatic heterocycles. The zero-order valence-electron chi connectivity index (χ0n) is 11.2. The van der Waals surface area contributed by atoms with Gasteiger partial charge in [0.25, 0.3) is 0 Å². The first kappa shape index (κ1) is 14.0. The molecule has 1 aromatic rings. The minimum absolute atomic E-state index is 0.454. The molecule has 1 aliphatic rings. The molecule has 3 unspecified atom stereocenters. The molecule has 0 spiro atoms. The molecule has 0 radical (unpaired) electrons. The van der Waals surface area contributed by atoms with Crippen LogP contribution in [0.2, 0.25) is 5.02 Å². The Balaban J connectivity index is 2.29. The van der Waals surface area contributed by atoms with Gasteiger partial charge in [0.05, 0.1) is 5.02 Å². The van der Waals surface area contributed by atoms with Gasteiger partial charge in [0, 0.05) is 24.7 Å². The van der Waals surface area contributed by atoms with Crippen LogP contribution in [0, 0.1) is 11.8 Å². The van der Waals surface area contributed by atoms with Crippen LogP contribution in [-0.4, -0.2) is 17.6 Å². The molecule has 4 heteroatoms. The van der Waals surface area contributed by atoms with E-state index in [-0.39, 0.29) is 0 Å². The van der Waals surface area contributed by atoms with Gasteiger partial charge < -0.3 is 4.90 Å². The summed E-state index contributed by atoms with van der Waals surface area (Å²) >= 11 is 12.1. The van der Waals surface area contributed by atoms with Gasteiger partial charge in [-0.25, -0.2) is 4.98 Å². The number of nitrogens with zero attached hydrogens (tertiary/aromatic N) is 2. The average molecular weight is 287 g/mol. The van der Waals surface area contributed by atoms with Crippen LogP contribution in [-0.2, 0) is 5.88 Å². The Labute approximate surface area is 119 Å². The molecule has 0 N–H and O–H groups in total. The van der Waals surface area contributed by atoms with Gasteiger partial charge in [0.15, 0.2) is 0 Å². The second-order valence-electron chi connectivity index (χ2n) is 5.49. The van der Waals surface area contributed by atoms with Crippen molar-refractivity contribution >= 4 is 29.0 Å². The molecule has 0 aliphatic carbocycles. The Morgan fingerprint density at radius 1 is 1.39 bits per heavy atom. The van der Waals surface area contributed by atoms with E-state index in [9.17, 15) is 0 Å². The molecule has 2 nitrogen and oxygen atoms in total. The van der Waals surface area contributed by atoms with Crippen LogP contribution < -0.4 is 4.90 Å². The normalized spacial score (nSPS) is 28.5. The molecular formula is C14H20Cl2N2. The standard InChI is InChI=1S/C14H20Cl2N2/c1-9-4-10(2)11(3)18(8-9)14-13(16)5-12(6-15)7-17-14/h5,7,9-11H,4,6,8H2,1-3H3. The van der Waals surface area contributed by atoms with Crippen molar-refractivity contribution < 1.29 is 0 Å². The van der Waals surface area contributed by atoms with E-state index in [1.807, 2.05) is 12.3 Å². The van der Waals surface area contributed by atoms with Crippen LogP contribution >= 0.6 is 23.2 Å². The lowest BCUT2D eigenvalue weighted by Crippen LogP contribution is -2.46. The molecule has 0 bridgehead atoms. The smallest absolute Gasteiger partial charge is 0.147 e. The summed E-state index contributed by atoms with van der Waals surface area (Å²) in [6, 6.07) is 2.40. The minimum Gasteiger partial charge on any atom is -0.352 e. The van der Waals surface area contributed by atoms with Crippen molar-refractivity contribution in [2.75, 3.05) is 11.4 Å². The van der Waals surface area contributed by atoms with Crippen LogP contribution in [0.3, 0.4) is 0 Å². The number of piperidine rings is 1. The van der Waals surface area contributed by atoms with Crippen molar-refractivity contribution in [2.45, 2.75) is 39.1 Å². The van der Waals surface area contributed by atoms with Gasteiger partial charge in [0.2, 0.25) is 0 Å². The van der Waals surface area contributed by atoms with E-state index in [2.05, 4.69) is 30.7 Å². The first-order valence-corrected chi connectivity index (χ1v) is 7.41. The van der Waals surface area contributed by atoms with E-state index in [0.717, 1.165) is 17.9 Å². The number of alkyl halides is 1. The van der Waals surface area contributed by atoms with Gasteiger partial charge in [0.1, 0.15) is 5.82 Å². The fraction of sp³-hybridized carbons (Fsp3) is 0.643. The molecular weight excluding hydrogens is 267 g/mol. The Morgan fingerprint density at radius 3 is 2.72 bits per heavy atom. The highest BCUT2D eigenvalue weighted by Gasteiger charge is 2.30. The van der Waals surface area contributed by atoms with E-state index in [1.165, 1.54) is 6.42 Å². The Hall–Kier alpha value is -0.470. The lowest BCUT2D eigenvalue weighted by molar-refractivity contribution is 0.295. The van der Waals surface area contributed by atoms with E-state index < -0.39 is 0 Å². The molecule has 1 aromatic heterocycles. The van der Waals surface area contributed by atoms with Crippen molar-refractivity contribution in [2.24, 2.45) is 11.8 Å². The zero-order chi connectivity index (χ0) is 13.3. The van der Waals surface area contributed by atoms with E-state index in [1.54, 1.807) is 0 Å². The van der Waals surface area contributed by atoms with Crippen LogP contribution in [0.4, 0.5) is 5.82 Å². The Morgan fingerprint density at radius 2 is 2.11 bits per heavy atom. The summed E-state index contributed by atoms with van der Waals surface area (Å²) in [6.07, 6.45) is 3.10. The maximum atomic E-state index is 6.34. The van der Waals surface area contributed by atoms with Crippen LogP contribution in [0.25, 0.3) is 0 Å². The Kier molecular flexibility index (Phi) is 4.39. The number of rotatable bonds is 2. The van der Waals surface area contributed by atoms with E-state index >= 15 is 0 Å². The van der Waals surface area contributed by atoms with Crippen molar-refractivity contribution in [1.29, 1.82) is 0 Å². The molecule has 2 heterocycles. The highest BCUT2D eigenvalue weighted by atomic mass is 35.5. The highest BCUT2D eigenvalue weighted by molar-refractivity contribution is 6.33. The third kappa shape index (κ3) is 2.75. The maximum Gasteiger partial charge on any atom is 0.147 e. The highest BCUT2D eigenvalue weighted by Crippen LogP contribution is 2.34. The fourth-order valence-corrected chi connectivity index (χ4v) is 3.19. The molecule has 100 valence electrons. The third-order valence-corrected chi connectivity index (χ3v) is 4.49. The predicted molar refractivity (Wildman–Crippen MR) is 78.6 cm³/mol. The summed E-state index contributed by atoms with van der Waals surface area (Å²) < 4.78 is 0. The third-order valence-electron chi connectivity index (χ3n) is 3.90. The summed E-state index contributed by atoms with van der Waals surface area (Å²) in [7, 11) is 0. The van der Waals surface area contributed by atoms with Crippen LogP contribution in [0.15, 0.2) is 12.3 Å². The van der Waals surface area contributed by atoms with Crippen LogP contribution in [0.1, 0.15) is 32.8 Å². The number of aromatic nitrogens is 1. The molecule has 2 rings (SSSR count). The van der Waals surface area contributed by atoms with Crippen molar-refractivity contribution in [1.82, 2.24) is 4.98 Å². The fourth-order valence-electron chi connectivity index (χ4n) is 2.75. The summed E-state index contributed by atoms with van der Waals surface area (Å²) in [5.41, 5.74) is 0.969. The van der Waals surface area contributed by atoms with E-state index in [0.29, 0.717) is 28.8 Å². The maximum absolute atomic E-state index is 6.34. The average Bonchev–Trinajstić information content (AvgIpc) is 2.34. The molecule has 0 amide bonds. The molecule has 0 aromatic carbocycles. The lowest BCUT2D eigenvalue weighted by atomic mass is 9.86. The second-order valence-corrected chi connectivity index (χ2v) is 6.17. The molecule has 1 saturated heterocycles. The number of halogens is 2. The second kappa shape index (κ2) is 5.66. The number of hydrogen-bond donors (Lipinski definition) is 0. The van der Waals surface area contributed by atoms with E-state index in [4.69, 9.17) is 23.2 Å². The van der Waals surface area contributed by atoms with Gasteiger partial charge in [-0.2, -0.15) is 0 Å². The van der Waals surface area contributed by atoms with Gasteiger partial charge >= 0.3 is 0 Å². The van der Waals surface area contributed by atoms with Crippen molar-refractivity contribution in [3.8, 4) is 0 Å².